The van der Waals surface area contributed by atoms with Crippen molar-refractivity contribution in [1.82, 2.24) is 13.9 Å². The molecule has 0 saturated carbocycles. The van der Waals surface area contributed by atoms with Crippen molar-refractivity contribution in [3.8, 4) is 0 Å². The topological polar surface area (TPSA) is 76.5 Å². The molecule has 9 heteroatoms. The lowest BCUT2D eigenvalue weighted by Gasteiger charge is -2.26. The molecule has 0 radical (unpaired) electrons. The minimum atomic E-state index is -3.67. The first kappa shape index (κ1) is 21.1. The van der Waals surface area contributed by atoms with Crippen LogP contribution >= 0.6 is 11.6 Å². The number of nitrogens with zero attached hydrogens (tertiary/aromatic N) is 3. The van der Waals surface area contributed by atoms with Crippen molar-refractivity contribution >= 4 is 38.3 Å². The number of rotatable bonds is 7. The molecule has 0 atom stereocenters. The van der Waals surface area contributed by atoms with Crippen molar-refractivity contribution in [1.29, 1.82) is 0 Å². The second kappa shape index (κ2) is 8.93. The number of anilines is 1. The Labute approximate surface area is 181 Å². The van der Waals surface area contributed by atoms with E-state index in [2.05, 4.69) is 22.9 Å². The Morgan fingerprint density at radius 2 is 1.93 bits per heavy atom. The molecule has 30 heavy (non-hydrogen) atoms. The van der Waals surface area contributed by atoms with Gasteiger partial charge in [0, 0.05) is 25.3 Å². The van der Waals surface area contributed by atoms with E-state index in [1.165, 1.54) is 4.31 Å². The van der Waals surface area contributed by atoms with Crippen molar-refractivity contribution in [2.24, 2.45) is 0 Å². The number of imidazole rings is 1. The van der Waals surface area contributed by atoms with Crippen LogP contribution in [0.3, 0.4) is 0 Å². The summed E-state index contributed by atoms with van der Waals surface area (Å²) in [5, 5.41) is 3.53. The third-order valence-corrected chi connectivity index (χ3v) is 7.53. The number of nitrogens with one attached hydrogen (secondary N) is 1. The van der Waals surface area contributed by atoms with E-state index in [1.807, 2.05) is 18.2 Å². The number of hydrogen-bond acceptors (Lipinski definition) is 5. The van der Waals surface area contributed by atoms with Gasteiger partial charge in [-0.2, -0.15) is 4.31 Å². The van der Waals surface area contributed by atoms with Crippen molar-refractivity contribution in [2.75, 3.05) is 31.6 Å². The highest BCUT2D eigenvalue weighted by Crippen LogP contribution is 2.28. The summed E-state index contributed by atoms with van der Waals surface area (Å²) in [6.45, 7) is 4.93. The maximum atomic E-state index is 13.0. The maximum Gasteiger partial charge on any atom is 0.244 e. The second-order valence-electron chi connectivity index (χ2n) is 7.18. The third-order valence-electron chi connectivity index (χ3n) is 5.15. The van der Waals surface area contributed by atoms with Gasteiger partial charge in [-0.25, -0.2) is 13.4 Å². The average molecular weight is 449 g/mol. The van der Waals surface area contributed by atoms with Crippen LogP contribution in [0.4, 0.5) is 5.69 Å². The van der Waals surface area contributed by atoms with Crippen LogP contribution in [0.25, 0.3) is 11.0 Å². The fourth-order valence-electron chi connectivity index (χ4n) is 3.65. The molecule has 2 heterocycles. The van der Waals surface area contributed by atoms with E-state index in [-0.39, 0.29) is 9.92 Å². The molecule has 1 saturated heterocycles. The lowest BCUT2D eigenvalue weighted by Crippen LogP contribution is -2.40. The number of morpholine rings is 1. The standard InChI is InChI=1S/C21H25ClN4O3S/c1-2-9-26-19-6-4-3-5-18(19)24-21(26)15-23-16-7-8-17(22)20(14-16)30(27,28)25-10-12-29-13-11-25/h3-8,14,23H,2,9-13,15H2,1H3. The summed E-state index contributed by atoms with van der Waals surface area (Å²) in [7, 11) is -3.67. The second-order valence-corrected chi connectivity index (χ2v) is 9.50. The highest BCUT2D eigenvalue weighted by Gasteiger charge is 2.28. The zero-order valence-corrected chi connectivity index (χ0v) is 18.4. The van der Waals surface area contributed by atoms with Gasteiger partial charge < -0.3 is 14.6 Å². The van der Waals surface area contributed by atoms with Gasteiger partial charge in [0.1, 0.15) is 10.7 Å². The predicted molar refractivity (Wildman–Crippen MR) is 118 cm³/mol. The molecule has 1 fully saturated rings. The minimum Gasteiger partial charge on any atom is -0.379 e. The van der Waals surface area contributed by atoms with Crippen molar-refractivity contribution in [3.05, 3.63) is 53.3 Å². The number of ether oxygens (including phenoxy) is 1. The van der Waals surface area contributed by atoms with Gasteiger partial charge in [-0.05, 0) is 36.8 Å². The zero-order chi connectivity index (χ0) is 21.1. The molecule has 7 nitrogen and oxygen atoms in total. The fourth-order valence-corrected chi connectivity index (χ4v) is 5.56. The molecular formula is C21H25ClN4O3S. The molecule has 2 aromatic carbocycles. The molecular weight excluding hydrogens is 424 g/mol. The van der Waals surface area contributed by atoms with Crippen LogP contribution < -0.4 is 5.32 Å². The molecule has 0 aliphatic carbocycles. The van der Waals surface area contributed by atoms with E-state index < -0.39 is 10.0 Å². The fraction of sp³-hybridized carbons (Fsp3) is 0.381. The normalized spacial score (nSPS) is 15.5. The minimum absolute atomic E-state index is 0.109. The quantitative estimate of drug-likeness (QED) is 0.596. The van der Waals surface area contributed by atoms with Gasteiger partial charge in [0.15, 0.2) is 0 Å². The van der Waals surface area contributed by atoms with E-state index >= 15 is 0 Å². The van der Waals surface area contributed by atoms with Crippen LogP contribution in [0.15, 0.2) is 47.4 Å². The Bertz CT molecular complexity index is 1140. The summed E-state index contributed by atoms with van der Waals surface area (Å²) in [6, 6.07) is 13.1. The number of fused-ring (bicyclic) bond motifs is 1. The first-order chi connectivity index (χ1) is 14.5. The summed E-state index contributed by atoms with van der Waals surface area (Å²) in [6.07, 6.45) is 0.996. The van der Waals surface area contributed by atoms with Gasteiger partial charge in [0.2, 0.25) is 10.0 Å². The summed E-state index contributed by atoms with van der Waals surface area (Å²) >= 11 is 6.26. The maximum absolute atomic E-state index is 13.0. The number of halogens is 1. The predicted octanol–water partition coefficient (Wildman–Crippen LogP) is 3.73. The van der Waals surface area contributed by atoms with E-state index in [4.69, 9.17) is 21.3 Å². The number of hydrogen-bond donors (Lipinski definition) is 1. The Morgan fingerprint density at radius 3 is 2.70 bits per heavy atom. The van der Waals surface area contributed by atoms with Crippen molar-refractivity contribution < 1.29 is 13.2 Å². The Morgan fingerprint density at radius 1 is 1.17 bits per heavy atom. The summed E-state index contributed by atoms with van der Waals surface area (Å²) in [5.74, 6) is 0.908. The summed E-state index contributed by atoms with van der Waals surface area (Å²) < 4.78 is 35.0. The van der Waals surface area contributed by atoms with Gasteiger partial charge in [-0.1, -0.05) is 30.7 Å². The molecule has 0 amide bonds. The van der Waals surface area contributed by atoms with Crippen LogP contribution in [0.2, 0.25) is 5.02 Å². The number of aromatic nitrogens is 2. The van der Waals surface area contributed by atoms with E-state index in [1.54, 1.807) is 18.2 Å². The smallest absolute Gasteiger partial charge is 0.244 e. The number of para-hydroxylation sites is 2. The molecule has 160 valence electrons. The van der Waals surface area contributed by atoms with Crippen LogP contribution in [0.5, 0.6) is 0 Å². The van der Waals surface area contributed by atoms with Crippen molar-refractivity contribution in [2.45, 2.75) is 31.3 Å². The van der Waals surface area contributed by atoms with Gasteiger partial charge in [0.25, 0.3) is 0 Å². The number of benzene rings is 2. The highest BCUT2D eigenvalue weighted by molar-refractivity contribution is 7.89. The number of sulfonamides is 1. The van der Waals surface area contributed by atoms with Gasteiger partial charge >= 0.3 is 0 Å². The lowest BCUT2D eigenvalue weighted by molar-refractivity contribution is 0.0730. The molecule has 1 N–H and O–H groups in total. The van der Waals surface area contributed by atoms with Crippen LogP contribution in [-0.2, 0) is 27.8 Å². The van der Waals surface area contributed by atoms with E-state index in [0.29, 0.717) is 38.5 Å². The molecule has 4 rings (SSSR count). The van der Waals surface area contributed by atoms with Crippen LogP contribution in [0.1, 0.15) is 19.2 Å². The molecule has 1 aromatic heterocycles. The van der Waals surface area contributed by atoms with Crippen molar-refractivity contribution in [3.63, 3.8) is 0 Å². The van der Waals surface area contributed by atoms with Gasteiger partial charge in [-0.15, -0.1) is 0 Å². The Kier molecular flexibility index (Phi) is 6.29. The number of aryl methyl sites for hydroxylation is 1. The first-order valence-electron chi connectivity index (χ1n) is 10.1. The van der Waals surface area contributed by atoms with Gasteiger partial charge in [0.05, 0.1) is 35.8 Å². The largest absolute Gasteiger partial charge is 0.379 e. The lowest BCUT2D eigenvalue weighted by atomic mass is 10.3. The van der Waals surface area contributed by atoms with Crippen LogP contribution in [0, 0.1) is 0 Å². The molecule has 0 unspecified atom stereocenters. The molecule has 1 aliphatic rings. The monoisotopic (exact) mass is 448 g/mol. The van der Waals surface area contributed by atoms with Gasteiger partial charge in [-0.3, -0.25) is 0 Å². The van der Waals surface area contributed by atoms with E-state index in [9.17, 15) is 8.42 Å². The average Bonchev–Trinajstić information content (AvgIpc) is 3.11. The molecule has 0 bridgehead atoms. The molecule has 3 aromatic rings. The molecule has 0 spiro atoms. The Hall–Kier alpha value is -2.13. The Balaban J connectivity index is 1.59. The van der Waals surface area contributed by atoms with Crippen LogP contribution in [-0.4, -0.2) is 48.6 Å². The molecule has 1 aliphatic heterocycles. The summed E-state index contributed by atoms with van der Waals surface area (Å²) in [5.41, 5.74) is 2.73. The SMILES string of the molecule is CCCn1c(CNc2ccc(Cl)c(S(=O)(=O)N3CCOCC3)c2)nc2ccccc21. The third kappa shape index (κ3) is 4.18. The zero-order valence-electron chi connectivity index (χ0n) is 16.8. The van der Waals surface area contributed by atoms with E-state index in [0.717, 1.165) is 29.8 Å². The highest BCUT2D eigenvalue weighted by atomic mass is 35.5. The first-order valence-corrected chi connectivity index (χ1v) is 11.9. The summed E-state index contributed by atoms with van der Waals surface area (Å²) in [4.78, 5) is 4.85.